The number of nitriles is 1. The number of rotatable bonds is 8. The first-order valence-corrected chi connectivity index (χ1v) is 13.2. The van der Waals surface area contributed by atoms with Gasteiger partial charge < -0.3 is 20.3 Å². The van der Waals surface area contributed by atoms with Gasteiger partial charge in [-0.2, -0.15) is 17.9 Å². The SMILES string of the molecule is Cc1cccc(C(C(=O)Nc2ccc3ccccc3c2)N(CC#N)C(=O)C(CS)NC(=O)OC(C)(C)C)c1C. The molecule has 204 valence electrons. The molecule has 0 spiro atoms. The quantitative estimate of drug-likeness (QED) is 0.262. The highest BCUT2D eigenvalue weighted by atomic mass is 32.1. The first-order valence-electron chi connectivity index (χ1n) is 12.6. The van der Waals surface area contributed by atoms with Crippen molar-refractivity contribution in [1.82, 2.24) is 10.2 Å². The number of alkyl carbamates (subject to hydrolysis) is 1. The van der Waals surface area contributed by atoms with Crippen LogP contribution < -0.4 is 10.6 Å². The van der Waals surface area contributed by atoms with Crippen molar-refractivity contribution in [3.8, 4) is 6.07 Å². The molecule has 2 unspecified atom stereocenters. The summed E-state index contributed by atoms with van der Waals surface area (Å²) >= 11 is 4.26. The molecule has 2 N–H and O–H groups in total. The van der Waals surface area contributed by atoms with Gasteiger partial charge in [0.15, 0.2) is 0 Å². The van der Waals surface area contributed by atoms with Gasteiger partial charge in [0.05, 0.1) is 6.07 Å². The molecule has 0 aliphatic rings. The Hall–Kier alpha value is -4.03. The van der Waals surface area contributed by atoms with Gasteiger partial charge >= 0.3 is 6.09 Å². The van der Waals surface area contributed by atoms with E-state index in [9.17, 15) is 19.6 Å². The molecule has 0 bridgehead atoms. The van der Waals surface area contributed by atoms with E-state index >= 15 is 0 Å². The number of hydrogen-bond acceptors (Lipinski definition) is 6. The first-order chi connectivity index (χ1) is 18.4. The zero-order valence-corrected chi connectivity index (χ0v) is 23.7. The summed E-state index contributed by atoms with van der Waals surface area (Å²) in [6.45, 7) is 8.51. The van der Waals surface area contributed by atoms with Gasteiger partial charge in [0.1, 0.15) is 24.2 Å². The zero-order chi connectivity index (χ0) is 28.7. The molecule has 0 fully saturated rings. The predicted octanol–water partition coefficient (Wildman–Crippen LogP) is 5.31. The van der Waals surface area contributed by atoms with Crippen LogP contribution in [0.25, 0.3) is 10.8 Å². The van der Waals surface area contributed by atoms with Gasteiger partial charge in [-0.25, -0.2) is 4.79 Å². The molecule has 0 saturated carbocycles. The number of anilines is 1. The molecule has 3 rings (SSSR count). The minimum Gasteiger partial charge on any atom is -0.444 e. The summed E-state index contributed by atoms with van der Waals surface area (Å²) in [6.07, 6.45) is -0.796. The van der Waals surface area contributed by atoms with Gasteiger partial charge in [0, 0.05) is 11.4 Å². The van der Waals surface area contributed by atoms with Crippen LogP contribution in [0, 0.1) is 25.2 Å². The van der Waals surface area contributed by atoms with Crippen LogP contribution in [0.15, 0.2) is 60.7 Å². The van der Waals surface area contributed by atoms with E-state index in [1.165, 1.54) is 4.90 Å². The average Bonchev–Trinajstić information content (AvgIpc) is 2.87. The summed E-state index contributed by atoms with van der Waals surface area (Å²) in [7, 11) is 0. The molecule has 0 heterocycles. The lowest BCUT2D eigenvalue weighted by atomic mass is 9.95. The van der Waals surface area contributed by atoms with E-state index in [4.69, 9.17) is 4.74 Å². The van der Waals surface area contributed by atoms with Crippen LogP contribution in [0.4, 0.5) is 10.5 Å². The first kappa shape index (κ1) is 29.5. The number of carbonyl (C=O) groups is 3. The molecule has 2 atom stereocenters. The highest BCUT2D eigenvalue weighted by molar-refractivity contribution is 7.80. The second kappa shape index (κ2) is 12.7. The fourth-order valence-corrected chi connectivity index (χ4v) is 4.45. The Labute approximate surface area is 234 Å². The summed E-state index contributed by atoms with van der Waals surface area (Å²) in [5.74, 6) is -1.18. The molecule has 39 heavy (non-hydrogen) atoms. The van der Waals surface area contributed by atoms with Crippen molar-refractivity contribution in [1.29, 1.82) is 5.26 Å². The Kier molecular flexibility index (Phi) is 9.60. The number of hydrogen-bond donors (Lipinski definition) is 3. The number of fused-ring (bicyclic) bond motifs is 1. The number of nitrogens with zero attached hydrogens (tertiary/aromatic N) is 2. The number of benzene rings is 3. The molecule has 3 aromatic carbocycles. The third-order valence-electron chi connectivity index (χ3n) is 6.21. The van der Waals surface area contributed by atoms with E-state index in [0.717, 1.165) is 21.9 Å². The van der Waals surface area contributed by atoms with Crippen LogP contribution in [0.1, 0.15) is 43.5 Å². The molecule has 0 saturated heterocycles. The largest absolute Gasteiger partial charge is 0.444 e. The van der Waals surface area contributed by atoms with Crippen LogP contribution in [-0.4, -0.2) is 46.7 Å². The maximum absolute atomic E-state index is 13.9. The lowest BCUT2D eigenvalue weighted by Gasteiger charge is -2.33. The molecule has 9 heteroatoms. The van der Waals surface area contributed by atoms with Crippen molar-refractivity contribution in [3.05, 3.63) is 77.4 Å². The van der Waals surface area contributed by atoms with Crippen molar-refractivity contribution >= 4 is 47.0 Å². The van der Waals surface area contributed by atoms with Crippen LogP contribution in [0.3, 0.4) is 0 Å². The third-order valence-corrected chi connectivity index (χ3v) is 6.58. The van der Waals surface area contributed by atoms with E-state index in [0.29, 0.717) is 11.3 Å². The maximum atomic E-state index is 13.9. The highest BCUT2D eigenvalue weighted by Gasteiger charge is 2.36. The van der Waals surface area contributed by atoms with Crippen molar-refractivity contribution < 1.29 is 19.1 Å². The zero-order valence-electron chi connectivity index (χ0n) is 22.8. The Bertz CT molecular complexity index is 1410. The van der Waals surface area contributed by atoms with Gasteiger partial charge in [0.25, 0.3) is 5.91 Å². The fourth-order valence-electron chi connectivity index (χ4n) is 4.21. The monoisotopic (exact) mass is 546 g/mol. The van der Waals surface area contributed by atoms with Crippen LogP contribution >= 0.6 is 12.6 Å². The summed E-state index contributed by atoms with van der Waals surface area (Å²) in [5, 5.41) is 17.1. The van der Waals surface area contributed by atoms with Crippen molar-refractivity contribution in [2.75, 3.05) is 17.6 Å². The standard InChI is InChI=1S/C30H34N4O4S/c1-19-9-8-12-24(20(19)2)26(27(35)32-23-14-13-21-10-6-7-11-22(21)17-23)34(16-15-31)28(36)25(18-39)33-29(37)38-30(3,4)5/h6-14,17,25-26,39H,16,18H2,1-5H3,(H,32,35)(H,33,37). The number of aryl methyl sites for hydroxylation is 1. The number of ether oxygens (including phenoxy) is 1. The molecule has 0 aromatic heterocycles. The van der Waals surface area contributed by atoms with Crippen molar-refractivity contribution in [2.45, 2.75) is 52.3 Å². The van der Waals surface area contributed by atoms with Gasteiger partial charge in [0.2, 0.25) is 5.91 Å². The third kappa shape index (κ3) is 7.52. The van der Waals surface area contributed by atoms with Gasteiger partial charge in [-0.1, -0.05) is 48.5 Å². The minimum atomic E-state index is -1.15. The lowest BCUT2D eigenvalue weighted by Crippen LogP contribution is -2.53. The molecule has 3 aromatic rings. The van der Waals surface area contributed by atoms with Crippen LogP contribution in [-0.2, 0) is 14.3 Å². The fraction of sp³-hybridized carbons (Fsp3) is 0.333. The summed E-state index contributed by atoms with van der Waals surface area (Å²) in [5.41, 5.74) is 2.09. The van der Waals surface area contributed by atoms with Gasteiger partial charge in [-0.15, -0.1) is 0 Å². The summed E-state index contributed by atoms with van der Waals surface area (Å²) < 4.78 is 5.30. The molecular weight excluding hydrogens is 512 g/mol. The normalized spacial score (nSPS) is 12.6. The average molecular weight is 547 g/mol. The second-order valence-corrected chi connectivity index (χ2v) is 10.6. The molecule has 0 aliphatic heterocycles. The molecule has 3 amide bonds. The summed E-state index contributed by atoms with van der Waals surface area (Å²) in [6, 6.07) is 18.5. The topological polar surface area (TPSA) is 112 Å². The molecule has 8 nitrogen and oxygen atoms in total. The van der Waals surface area contributed by atoms with E-state index < -0.39 is 35.6 Å². The Morgan fingerprint density at radius 1 is 1.03 bits per heavy atom. The van der Waals surface area contributed by atoms with E-state index in [-0.39, 0.29) is 12.3 Å². The van der Waals surface area contributed by atoms with Crippen LogP contribution in [0.2, 0.25) is 0 Å². The molecular formula is C30H34N4O4S. The smallest absolute Gasteiger partial charge is 0.408 e. The maximum Gasteiger partial charge on any atom is 0.408 e. The number of carbonyl (C=O) groups excluding carboxylic acids is 3. The number of amides is 3. The predicted molar refractivity (Wildman–Crippen MR) is 156 cm³/mol. The van der Waals surface area contributed by atoms with E-state index in [2.05, 4.69) is 23.3 Å². The van der Waals surface area contributed by atoms with Crippen molar-refractivity contribution in [3.63, 3.8) is 0 Å². The van der Waals surface area contributed by atoms with Gasteiger partial charge in [-0.3, -0.25) is 9.59 Å². The highest BCUT2D eigenvalue weighted by Crippen LogP contribution is 2.29. The molecule has 0 radical (unpaired) electrons. The van der Waals surface area contributed by atoms with E-state index in [1.807, 2.05) is 62.4 Å². The Morgan fingerprint density at radius 3 is 2.36 bits per heavy atom. The minimum absolute atomic E-state index is 0.0637. The van der Waals surface area contributed by atoms with Gasteiger partial charge in [-0.05, 0) is 74.2 Å². The second-order valence-electron chi connectivity index (χ2n) is 10.2. The van der Waals surface area contributed by atoms with Crippen molar-refractivity contribution in [2.24, 2.45) is 0 Å². The number of thiol groups is 1. The Morgan fingerprint density at radius 2 is 1.72 bits per heavy atom. The number of nitrogens with one attached hydrogen (secondary N) is 2. The van der Waals surface area contributed by atoms with Crippen LogP contribution in [0.5, 0.6) is 0 Å². The molecule has 0 aliphatic carbocycles. The summed E-state index contributed by atoms with van der Waals surface area (Å²) in [4.78, 5) is 41.3. The van der Waals surface area contributed by atoms with E-state index in [1.54, 1.807) is 39.0 Å². The lowest BCUT2D eigenvalue weighted by molar-refractivity contribution is -0.139. The Balaban J connectivity index is 2.01.